The summed E-state index contributed by atoms with van der Waals surface area (Å²) in [5, 5.41) is 0. The molecule has 0 radical (unpaired) electrons. The molecular formula is C20H30BrN2O2+. The molecular weight excluding hydrogens is 380 g/mol. The van der Waals surface area contributed by atoms with Gasteiger partial charge in [-0.2, -0.15) is 0 Å². The summed E-state index contributed by atoms with van der Waals surface area (Å²) < 4.78 is 6.60. The van der Waals surface area contributed by atoms with E-state index >= 15 is 0 Å². The second kappa shape index (κ2) is 9.04. The van der Waals surface area contributed by atoms with Crippen LogP contribution in [0.2, 0.25) is 0 Å². The summed E-state index contributed by atoms with van der Waals surface area (Å²) >= 11 is 3.56. The van der Waals surface area contributed by atoms with Crippen LogP contribution in [-0.4, -0.2) is 44.1 Å². The molecule has 2 aliphatic rings. The molecule has 3 rings (SSSR count). The van der Waals surface area contributed by atoms with Gasteiger partial charge in [-0.05, 0) is 43.9 Å². The van der Waals surface area contributed by atoms with E-state index in [1.165, 1.54) is 36.1 Å². The first kappa shape index (κ1) is 18.7. The zero-order valence-corrected chi connectivity index (χ0v) is 16.8. The molecule has 2 aliphatic heterocycles. The van der Waals surface area contributed by atoms with Crippen molar-refractivity contribution in [3.8, 4) is 5.75 Å². The number of halogens is 1. The summed E-state index contributed by atoms with van der Waals surface area (Å²) in [6.07, 6.45) is 7.07. The van der Waals surface area contributed by atoms with Gasteiger partial charge in [0.1, 0.15) is 12.3 Å². The van der Waals surface area contributed by atoms with Crippen LogP contribution in [0.3, 0.4) is 0 Å². The molecule has 25 heavy (non-hydrogen) atoms. The van der Waals surface area contributed by atoms with Crippen LogP contribution in [-0.2, 0) is 11.3 Å². The Morgan fingerprint density at radius 3 is 2.72 bits per heavy atom. The van der Waals surface area contributed by atoms with E-state index < -0.39 is 0 Å². The third-order valence-electron chi connectivity index (χ3n) is 5.57. The summed E-state index contributed by atoms with van der Waals surface area (Å²) in [5.41, 5.74) is 1.22. The fraction of sp³-hybridized carbons (Fsp3) is 0.650. The van der Waals surface area contributed by atoms with Crippen molar-refractivity contribution in [3.63, 3.8) is 0 Å². The molecule has 1 aromatic carbocycles. The lowest BCUT2D eigenvalue weighted by Crippen LogP contribution is -3.12. The Morgan fingerprint density at radius 2 is 2.00 bits per heavy atom. The van der Waals surface area contributed by atoms with E-state index in [0.717, 1.165) is 55.8 Å². The maximum atomic E-state index is 13.0. The molecule has 1 aromatic rings. The number of carbonyl (C=O) groups excluding carboxylic acids is 1. The fourth-order valence-electron chi connectivity index (χ4n) is 4.23. The lowest BCUT2D eigenvalue weighted by atomic mass is 9.95. The summed E-state index contributed by atoms with van der Waals surface area (Å²) in [6.45, 7) is 4.94. The van der Waals surface area contributed by atoms with Gasteiger partial charge in [0.25, 0.3) is 0 Å². The van der Waals surface area contributed by atoms with Gasteiger partial charge in [-0.25, -0.2) is 0 Å². The van der Waals surface area contributed by atoms with Crippen molar-refractivity contribution in [2.24, 2.45) is 5.92 Å². The van der Waals surface area contributed by atoms with E-state index in [0.29, 0.717) is 5.91 Å². The fourth-order valence-corrected chi connectivity index (χ4v) is 4.63. The van der Waals surface area contributed by atoms with Crippen molar-refractivity contribution in [2.45, 2.75) is 45.1 Å². The number of hydrogen-bond donors (Lipinski definition) is 1. The number of benzene rings is 1. The van der Waals surface area contributed by atoms with Crippen LogP contribution in [0.1, 0.15) is 44.1 Å². The van der Waals surface area contributed by atoms with Gasteiger partial charge < -0.3 is 14.5 Å². The lowest BCUT2D eigenvalue weighted by Gasteiger charge is -2.32. The van der Waals surface area contributed by atoms with Crippen molar-refractivity contribution in [3.05, 3.63) is 28.2 Å². The van der Waals surface area contributed by atoms with Gasteiger partial charge in [0.05, 0.1) is 26.1 Å². The van der Waals surface area contributed by atoms with Gasteiger partial charge in [-0.1, -0.05) is 28.8 Å². The first-order valence-electron chi connectivity index (χ1n) is 9.62. The van der Waals surface area contributed by atoms with Crippen LogP contribution in [0, 0.1) is 5.92 Å². The highest BCUT2D eigenvalue weighted by Gasteiger charge is 2.32. The molecule has 0 saturated carbocycles. The number of quaternary nitrogens is 1. The van der Waals surface area contributed by atoms with E-state index in [-0.39, 0.29) is 5.92 Å². The third kappa shape index (κ3) is 4.98. The van der Waals surface area contributed by atoms with Crippen LogP contribution in [0.5, 0.6) is 5.75 Å². The van der Waals surface area contributed by atoms with Gasteiger partial charge in [0.15, 0.2) is 0 Å². The maximum absolute atomic E-state index is 13.0. The molecule has 5 heteroatoms. The highest BCUT2D eigenvalue weighted by molar-refractivity contribution is 9.10. The molecule has 1 N–H and O–H groups in total. The van der Waals surface area contributed by atoms with E-state index in [4.69, 9.17) is 4.74 Å². The highest BCUT2D eigenvalue weighted by atomic mass is 79.9. The molecule has 0 aliphatic carbocycles. The van der Waals surface area contributed by atoms with Gasteiger partial charge in [-0.3, -0.25) is 4.79 Å². The third-order valence-corrected chi connectivity index (χ3v) is 6.06. The molecule has 138 valence electrons. The quantitative estimate of drug-likeness (QED) is 0.828. The Hall–Kier alpha value is -1.07. The number of nitrogens with one attached hydrogen (secondary N) is 1. The minimum atomic E-state index is 0.194. The molecule has 2 fully saturated rings. The smallest absolute Gasteiger partial charge is 0.231 e. The van der Waals surface area contributed by atoms with Crippen molar-refractivity contribution >= 4 is 21.8 Å². The Kier molecular flexibility index (Phi) is 6.77. The van der Waals surface area contributed by atoms with Gasteiger partial charge in [0, 0.05) is 23.1 Å². The van der Waals surface area contributed by atoms with Crippen LogP contribution in [0.4, 0.5) is 0 Å². The van der Waals surface area contributed by atoms with E-state index in [2.05, 4.69) is 26.9 Å². The number of methoxy groups -OCH3 is 1. The molecule has 4 nitrogen and oxygen atoms in total. The topological polar surface area (TPSA) is 34.0 Å². The average molecular weight is 410 g/mol. The normalized spacial score (nSPS) is 24.6. The summed E-state index contributed by atoms with van der Waals surface area (Å²) in [5.74, 6) is 1.54. The standard InChI is InChI=1S/C20H29BrN2O2/c1-25-19-9-8-18(21)13-17(19)15-22-10-6-7-16(14-22)20(24)23-11-4-2-3-5-12-23/h8-9,13,16H,2-7,10-12,14-15H2,1H3/p+1/t16-/m0/s1. The second-order valence-corrected chi connectivity index (χ2v) is 8.33. The van der Waals surface area contributed by atoms with Gasteiger partial charge >= 0.3 is 0 Å². The molecule has 2 atom stereocenters. The zero-order valence-electron chi connectivity index (χ0n) is 15.2. The SMILES string of the molecule is COc1ccc(Br)cc1C[NH+]1CCC[C@H](C(=O)N2CCCCCC2)C1. The van der Waals surface area contributed by atoms with Gasteiger partial charge in [-0.15, -0.1) is 0 Å². The van der Waals surface area contributed by atoms with Crippen LogP contribution in [0.15, 0.2) is 22.7 Å². The molecule has 1 unspecified atom stereocenters. The Morgan fingerprint density at radius 1 is 1.24 bits per heavy atom. The number of likely N-dealkylation sites (tertiary alicyclic amines) is 2. The number of nitrogens with zero attached hydrogens (tertiary/aromatic N) is 1. The minimum Gasteiger partial charge on any atom is -0.496 e. The predicted octanol–water partition coefficient (Wildman–Crippen LogP) is 2.66. The number of ether oxygens (including phenoxy) is 1. The van der Waals surface area contributed by atoms with Crippen molar-refractivity contribution in [2.75, 3.05) is 33.3 Å². The van der Waals surface area contributed by atoms with Crippen molar-refractivity contribution < 1.29 is 14.4 Å². The first-order chi connectivity index (χ1) is 12.2. The highest BCUT2D eigenvalue weighted by Crippen LogP contribution is 2.23. The van der Waals surface area contributed by atoms with Crippen LogP contribution < -0.4 is 9.64 Å². The Labute approximate surface area is 159 Å². The van der Waals surface area contributed by atoms with Crippen molar-refractivity contribution in [1.82, 2.24) is 4.90 Å². The summed E-state index contributed by atoms with van der Waals surface area (Å²) in [6, 6.07) is 6.17. The maximum Gasteiger partial charge on any atom is 0.231 e. The number of amides is 1. The molecule has 2 heterocycles. The van der Waals surface area contributed by atoms with E-state index in [1.54, 1.807) is 7.11 Å². The van der Waals surface area contributed by atoms with E-state index in [1.807, 2.05) is 12.1 Å². The average Bonchev–Trinajstić information content (AvgIpc) is 2.91. The summed E-state index contributed by atoms with van der Waals surface area (Å²) in [4.78, 5) is 16.6. The lowest BCUT2D eigenvalue weighted by molar-refractivity contribution is -0.921. The summed E-state index contributed by atoms with van der Waals surface area (Å²) in [7, 11) is 1.73. The number of carbonyl (C=O) groups is 1. The molecule has 0 bridgehead atoms. The van der Waals surface area contributed by atoms with Crippen LogP contribution in [0.25, 0.3) is 0 Å². The molecule has 2 saturated heterocycles. The van der Waals surface area contributed by atoms with E-state index in [9.17, 15) is 4.79 Å². The molecule has 1 amide bonds. The number of piperidine rings is 1. The number of rotatable bonds is 4. The monoisotopic (exact) mass is 409 g/mol. The van der Waals surface area contributed by atoms with Gasteiger partial charge in [0.2, 0.25) is 5.91 Å². The molecule has 0 aromatic heterocycles. The Bertz CT molecular complexity index is 585. The largest absolute Gasteiger partial charge is 0.496 e. The first-order valence-corrected chi connectivity index (χ1v) is 10.4. The zero-order chi connectivity index (χ0) is 17.6. The van der Waals surface area contributed by atoms with Crippen LogP contribution >= 0.6 is 15.9 Å². The molecule has 0 spiro atoms. The predicted molar refractivity (Wildman–Crippen MR) is 103 cm³/mol. The Balaban J connectivity index is 1.63. The number of hydrogen-bond acceptors (Lipinski definition) is 2. The second-order valence-electron chi connectivity index (χ2n) is 7.42. The van der Waals surface area contributed by atoms with Crippen molar-refractivity contribution in [1.29, 1.82) is 0 Å². The minimum absolute atomic E-state index is 0.194.